The van der Waals surface area contributed by atoms with E-state index in [0.717, 1.165) is 16.1 Å². The molecule has 2 aromatic rings. The summed E-state index contributed by atoms with van der Waals surface area (Å²) in [4.78, 5) is 0. The molecule has 5 heteroatoms. The predicted molar refractivity (Wildman–Crippen MR) is 95.8 cm³/mol. The molecule has 0 aromatic heterocycles. The number of hydrogen-bond acceptors (Lipinski definition) is 3. The molecule has 0 saturated carbocycles. The van der Waals surface area contributed by atoms with Crippen LogP contribution in [0.4, 0.5) is 0 Å². The lowest BCUT2D eigenvalue weighted by atomic mass is 10.1. The molecule has 1 N–H and O–H groups in total. The van der Waals surface area contributed by atoms with Gasteiger partial charge in [0.25, 0.3) is 0 Å². The number of halogens is 2. The van der Waals surface area contributed by atoms with E-state index in [-0.39, 0.29) is 0 Å². The van der Waals surface area contributed by atoms with Crippen molar-refractivity contribution in [3.63, 3.8) is 0 Å². The summed E-state index contributed by atoms with van der Waals surface area (Å²) in [6, 6.07) is 11.6. The van der Waals surface area contributed by atoms with Gasteiger partial charge < -0.3 is 14.8 Å². The van der Waals surface area contributed by atoms with Crippen LogP contribution in [0.3, 0.4) is 0 Å². The molecule has 2 rings (SSSR count). The third-order valence-corrected chi connectivity index (χ3v) is 3.91. The van der Waals surface area contributed by atoms with Crippen molar-refractivity contribution >= 4 is 23.2 Å². The standard InChI is InChI=1S/C18H21Cl2NO2/c1-3-22-17-10-13(9-16(20)18(17)23-4-2)11-21-12-14-7-5-6-8-15(14)19/h5-10,21H,3-4,11-12H2,1-2H3. The van der Waals surface area contributed by atoms with Crippen LogP contribution in [-0.2, 0) is 13.1 Å². The Morgan fingerprint density at radius 3 is 2.35 bits per heavy atom. The Morgan fingerprint density at radius 2 is 1.65 bits per heavy atom. The second-order valence-electron chi connectivity index (χ2n) is 4.97. The Bertz CT molecular complexity index is 647. The van der Waals surface area contributed by atoms with Crippen LogP contribution in [0.2, 0.25) is 10.0 Å². The van der Waals surface area contributed by atoms with Gasteiger partial charge in [0.1, 0.15) is 0 Å². The SMILES string of the molecule is CCOc1cc(CNCc2ccccc2Cl)cc(Cl)c1OCC. The highest BCUT2D eigenvalue weighted by Gasteiger charge is 2.12. The maximum absolute atomic E-state index is 6.32. The number of rotatable bonds is 8. The molecule has 3 nitrogen and oxygen atoms in total. The number of hydrogen-bond donors (Lipinski definition) is 1. The van der Waals surface area contributed by atoms with E-state index in [1.54, 1.807) is 0 Å². The van der Waals surface area contributed by atoms with E-state index < -0.39 is 0 Å². The summed E-state index contributed by atoms with van der Waals surface area (Å²) in [6.07, 6.45) is 0. The fourth-order valence-corrected chi connectivity index (χ4v) is 2.74. The number of ether oxygens (including phenoxy) is 2. The highest BCUT2D eigenvalue weighted by Crippen LogP contribution is 2.36. The van der Waals surface area contributed by atoms with Crippen molar-refractivity contribution < 1.29 is 9.47 Å². The Hall–Kier alpha value is -1.42. The Labute approximate surface area is 147 Å². The molecule has 23 heavy (non-hydrogen) atoms. The third kappa shape index (κ3) is 5.03. The first-order valence-corrected chi connectivity index (χ1v) is 8.43. The molecule has 0 radical (unpaired) electrons. The van der Waals surface area contributed by atoms with Crippen LogP contribution in [-0.4, -0.2) is 13.2 Å². The maximum atomic E-state index is 6.32. The molecule has 0 aliphatic heterocycles. The minimum absolute atomic E-state index is 0.546. The molecule has 2 aromatic carbocycles. The summed E-state index contributed by atoms with van der Waals surface area (Å²) in [5.74, 6) is 1.28. The second-order valence-corrected chi connectivity index (χ2v) is 5.78. The first kappa shape index (κ1) is 17.9. The fraction of sp³-hybridized carbons (Fsp3) is 0.333. The van der Waals surface area contributed by atoms with Crippen LogP contribution in [0.25, 0.3) is 0 Å². The van der Waals surface area contributed by atoms with E-state index in [9.17, 15) is 0 Å². The minimum atomic E-state index is 0.546. The van der Waals surface area contributed by atoms with E-state index in [4.69, 9.17) is 32.7 Å². The summed E-state index contributed by atoms with van der Waals surface area (Å²) < 4.78 is 11.2. The van der Waals surface area contributed by atoms with E-state index in [1.165, 1.54) is 0 Å². The van der Waals surface area contributed by atoms with Crippen LogP contribution < -0.4 is 14.8 Å². The van der Waals surface area contributed by atoms with Crippen LogP contribution in [0.15, 0.2) is 36.4 Å². The quantitative estimate of drug-likeness (QED) is 0.717. The van der Waals surface area contributed by atoms with Crippen molar-refractivity contribution in [2.75, 3.05) is 13.2 Å². The van der Waals surface area contributed by atoms with E-state index >= 15 is 0 Å². The molecule has 0 bridgehead atoms. The lowest BCUT2D eigenvalue weighted by Crippen LogP contribution is -2.13. The van der Waals surface area contributed by atoms with Crippen molar-refractivity contribution in [2.45, 2.75) is 26.9 Å². The average molecular weight is 354 g/mol. The monoisotopic (exact) mass is 353 g/mol. The summed E-state index contributed by atoms with van der Waals surface area (Å²) >= 11 is 12.5. The van der Waals surface area contributed by atoms with Crippen molar-refractivity contribution in [2.24, 2.45) is 0 Å². The fourth-order valence-electron chi connectivity index (χ4n) is 2.25. The van der Waals surface area contributed by atoms with Crippen molar-refractivity contribution in [1.29, 1.82) is 0 Å². The topological polar surface area (TPSA) is 30.5 Å². The molecule has 0 aliphatic rings. The molecule has 0 saturated heterocycles. The van der Waals surface area contributed by atoms with Gasteiger partial charge in [-0.3, -0.25) is 0 Å². The molecule has 124 valence electrons. The van der Waals surface area contributed by atoms with Gasteiger partial charge in [-0.05, 0) is 43.2 Å². The first-order valence-electron chi connectivity index (χ1n) is 7.67. The van der Waals surface area contributed by atoms with Gasteiger partial charge in [0, 0.05) is 18.1 Å². The van der Waals surface area contributed by atoms with Gasteiger partial charge in [0.15, 0.2) is 11.5 Å². The molecular weight excluding hydrogens is 333 g/mol. The summed E-state index contributed by atoms with van der Waals surface area (Å²) in [5, 5.41) is 4.69. The molecule has 0 heterocycles. The number of nitrogens with one attached hydrogen (secondary N) is 1. The predicted octanol–water partition coefficient (Wildman–Crippen LogP) is 5.08. The highest BCUT2D eigenvalue weighted by atomic mass is 35.5. The highest BCUT2D eigenvalue weighted by molar-refractivity contribution is 6.32. The minimum Gasteiger partial charge on any atom is -0.490 e. The Morgan fingerprint density at radius 1 is 0.913 bits per heavy atom. The van der Waals surface area contributed by atoms with Gasteiger partial charge in [-0.2, -0.15) is 0 Å². The van der Waals surface area contributed by atoms with Gasteiger partial charge in [-0.15, -0.1) is 0 Å². The smallest absolute Gasteiger partial charge is 0.179 e. The van der Waals surface area contributed by atoms with Crippen molar-refractivity contribution in [1.82, 2.24) is 5.32 Å². The zero-order chi connectivity index (χ0) is 16.7. The van der Waals surface area contributed by atoms with E-state index in [1.807, 2.05) is 50.2 Å². The molecular formula is C18H21Cl2NO2. The Kier molecular flexibility index (Phi) is 7.03. The van der Waals surface area contributed by atoms with E-state index in [2.05, 4.69) is 5.32 Å². The average Bonchev–Trinajstić information content (AvgIpc) is 2.53. The van der Waals surface area contributed by atoms with Crippen molar-refractivity contribution in [3.05, 3.63) is 57.6 Å². The molecule has 0 spiro atoms. The van der Waals surface area contributed by atoms with Gasteiger partial charge in [-0.25, -0.2) is 0 Å². The summed E-state index contributed by atoms with van der Waals surface area (Å²) in [5.41, 5.74) is 2.10. The van der Waals surface area contributed by atoms with Gasteiger partial charge in [-0.1, -0.05) is 41.4 Å². The van der Waals surface area contributed by atoms with Gasteiger partial charge >= 0.3 is 0 Å². The zero-order valence-electron chi connectivity index (χ0n) is 13.4. The third-order valence-electron chi connectivity index (χ3n) is 3.26. The van der Waals surface area contributed by atoms with Crippen LogP contribution in [0, 0.1) is 0 Å². The zero-order valence-corrected chi connectivity index (χ0v) is 14.9. The van der Waals surface area contributed by atoms with Gasteiger partial charge in [0.2, 0.25) is 0 Å². The second kappa shape index (κ2) is 9.02. The number of benzene rings is 2. The van der Waals surface area contributed by atoms with Crippen LogP contribution >= 0.6 is 23.2 Å². The maximum Gasteiger partial charge on any atom is 0.179 e. The van der Waals surface area contributed by atoms with Crippen LogP contribution in [0.5, 0.6) is 11.5 Å². The van der Waals surface area contributed by atoms with Crippen molar-refractivity contribution in [3.8, 4) is 11.5 Å². The normalized spacial score (nSPS) is 10.6. The molecule has 0 unspecified atom stereocenters. The summed E-state index contributed by atoms with van der Waals surface area (Å²) in [6.45, 7) is 6.32. The molecule has 0 aliphatic carbocycles. The molecule has 0 amide bonds. The largest absolute Gasteiger partial charge is 0.490 e. The lowest BCUT2D eigenvalue weighted by Gasteiger charge is -2.15. The first-order chi connectivity index (χ1) is 11.2. The Balaban J connectivity index is 2.06. The van der Waals surface area contributed by atoms with Gasteiger partial charge in [0.05, 0.1) is 18.2 Å². The lowest BCUT2D eigenvalue weighted by molar-refractivity contribution is 0.287. The molecule has 0 fully saturated rings. The van der Waals surface area contributed by atoms with E-state index in [0.29, 0.717) is 42.8 Å². The van der Waals surface area contributed by atoms with Crippen LogP contribution in [0.1, 0.15) is 25.0 Å². The molecule has 0 atom stereocenters. The summed E-state index contributed by atoms with van der Waals surface area (Å²) in [7, 11) is 0.